The van der Waals surface area contributed by atoms with Gasteiger partial charge in [0.15, 0.2) is 3.92 Å². The Balaban J connectivity index is 2.46. The molecule has 7 heteroatoms. The van der Waals surface area contributed by atoms with Gasteiger partial charge in [0, 0.05) is 7.11 Å². The molecule has 0 saturated heterocycles. The fourth-order valence-corrected chi connectivity index (χ4v) is 1.87. The molecule has 0 aliphatic heterocycles. The maximum atomic E-state index is 8.93. The highest BCUT2D eigenvalue weighted by molar-refractivity contribution is 9.11. The normalized spacial score (nSPS) is 12.8. The number of hydrogen-bond acceptors (Lipinski definition) is 6. The van der Waals surface area contributed by atoms with Crippen LogP contribution in [0.4, 0.5) is 5.13 Å². The molecule has 0 amide bonds. The zero-order chi connectivity index (χ0) is 9.68. The first-order chi connectivity index (χ1) is 6.26. The first-order valence-corrected chi connectivity index (χ1v) is 5.22. The molecule has 0 radical (unpaired) electrons. The smallest absolute Gasteiger partial charge is 0.206 e. The summed E-state index contributed by atoms with van der Waals surface area (Å²) in [6.45, 7) is 0.443. The second kappa shape index (κ2) is 5.48. The van der Waals surface area contributed by atoms with E-state index in [4.69, 9.17) is 9.84 Å². The van der Waals surface area contributed by atoms with Crippen molar-refractivity contribution in [3.05, 3.63) is 3.92 Å². The second-order valence-corrected chi connectivity index (χ2v) is 4.59. The fraction of sp³-hybridized carbons (Fsp3) is 0.667. The number of hydrogen-bond donors (Lipinski definition) is 2. The molecular weight excluding hydrogens is 258 g/mol. The van der Waals surface area contributed by atoms with E-state index in [1.165, 1.54) is 11.3 Å². The lowest BCUT2D eigenvalue weighted by Crippen LogP contribution is -2.28. The minimum absolute atomic E-state index is 0.00500. The number of anilines is 1. The van der Waals surface area contributed by atoms with Crippen molar-refractivity contribution in [3.63, 3.8) is 0 Å². The molecule has 13 heavy (non-hydrogen) atoms. The van der Waals surface area contributed by atoms with Crippen LogP contribution < -0.4 is 5.32 Å². The van der Waals surface area contributed by atoms with Crippen molar-refractivity contribution >= 4 is 32.4 Å². The number of methoxy groups -OCH3 is 1. The van der Waals surface area contributed by atoms with Crippen LogP contribution in [-0.4, -0.2) is 41.7 Å². The summed E-state index contributed by atoms with van der Waals surface area (Å²) in [5.41, 5.74) is 0. The summed E-state index contributed by atoms with van der Waals surface area (Å²) in [7, 11) is 1.58. The number of nitrogens with zero attached hydrogens (tertiary/aromatic N) is 2. The van der Waals surface area contributed by atoms with Gasteiger partial charge < -0.3 is 15.2 Å². The van der Waals surface area contributed by atoms with Crippen LogP contribution in [0, 0.1) is 0 Å². The van der Waals surface area contributed by atoms with Gasteiger partial charge in [-0.25, -0.2) is 0 Å². The molecule has 0 aromatic carbocycles. The average Bonchev–Trinajstić information content (AvgIpc) is 2.50. The van der Waals surface area contributed by atoms with Crippen LogP contribution in [0.2, 0.25) is 0 Å². The monoisotopic (exact) mass is 267 g/mol. The summed E-state index contributed by atoms with van der Waals surface area (Å²) in [4.78, 5) is 0. The van der Waals surface area contributed by atoms with Gasteiger partial charge >= 0.3 is 0 Å². The van der Waals surface area contributed by atoms with Gasteiger partial charge in [0.25, 0.3) is 0 Å². The van der Waals surface area contributed by atoms with E-state index in [0.717, 1.165) is 0 Å². The predicted molar refractivity (Wildman–Crippen MR) is 54.0 cm³/mol. The van der Waals surface area contributed by atoms with Gasteiger partial charge in [0.1, 0.15) is 0 Å². The highest BCUT2D eigenvalue weighted by Crippen LogP contribution is 2.20. The van der Waals surface area contributed by atoms with E-state index in [1.807, 2.05) is 0 Å². The van der Waals surface area contributed by atoms with Gasteiger partial charge in [-0.1, -0.05) is 11.3 Å². The standard InChI is InChI=1S/C6H10BrN3O2S/c1-12-3-4(2-11)8-6-10-9-5(7)13-6/h4,11H,2-3H2,1H3,(H,8,10). The molecule has 2 N–H and O–H groups in total. The van der Waals surface area contributed by atoms with Crippen LogP contribution >= 0.6 is 27.3 Å². The molecule has 0 spiro atoms. The van der Waals surface area contributed by atoms with E-state index in [-0.39, 0.29) is 12.6 Å². The molecule has 5 nitrogen and oxygen atoms in total. The molecule has 1 unspecified atom stereocenters. The molecule has 1 atom stereocenters. The van der Waals surface area contributed by atoms with Gasteiger partial charge in [-0.15, -0.1) is 10.2 Å². The van der Waals surface area contributed by atoms with Gasteiger partial charge in [-0.3, -0.25) is 0 Å². The van der Waals surface area contributed by atoms with E-state index in [9.17, 15) is 0 Å². The number of rotatable bonds is 5. The van der Waals surface area contributed by atoms with E-state index in [2.05, 4.69) is 31.4 Å². The molecule has 1 aromatic heterocycles. The highest BCUT2D eigenvalue weighted by Gasteiger charge is 2.09. The van der Waals surface area contributed by atoms with Crippen LogP contribution in [0.3, 0.4) is 0 Å². The topological polar surface area (TPSA) is 67.3 Å². The third-order valence-electron chi connectivity index (χ3n) is 1.32. The maximum absolute atomic E-state index is 8.93. The lowest BCUT2D eigenvalue weighted by molar-refractivity contribution is 0.153. The first kappa shape index (κ1) is 10.8. The van der Waals surface area contributed by atoms with Gasteiger partial charge in [-0.2, -0.15) is 0 Å². The fourth-order valence-electron chi connectivity index (χ4n) is 0.779. The minimum Gasteiger partial charge on any atom is -0.394 e. The molecular formula is C6H10BrN3O2S. The molecule has 1 aromatic rings. The van der Waals surface area contributed by atoms with E-state index in [1.54, 1.807) is 7.11 Å². The van der Waals surface area contributed by atoms with Crippen molar-refractivity contribution in [2.75, 3.05) is 25.6 Å². The van der Waals surface area contributed by atoms with E-state index in [0.29, 0.717) is 15.7 Å². The van der Waals surface area contributed by atoms with Gasteiger partial charge in [-0.05, 0) is 15.9 Å². The van der Waals surface area contributed by atoms with Crippen LogP contribution in [0.5, 0.6) is 0 Å². The largest absolute Gasteiger partial charge is 0.394 e. The van der Waals surface area contributed by atoms with Crippen molar-refractivity contribution in [1.82, 2.24) is 10.2 Å². The van der Waals surface area contributed by atoms with Crippen molar-refractivity contribution in [1.29, 1.82) is 0 Å². The summed E-state index contributed by atoms with van der Waals surface area (Å²) in [6.07, 6.45) is 0. The van der Waals surface area contributed by atoms with Crippen LogP contribution in [0.1, 0.15) is 0 Å². The minimum atomic E-state index is -0.134. The third-order valence-corrected chi connectivity index (χ3v) is 2.60. The number of ether oxygens (including phenoxy) is 1. The second-order valence-electron chi connectivity index (χ2n) is 2.34. The summed E-state index contributed by atoms with van der Waals surface area (Å²) >= 11 is 4.57. The van der Waals surface area contributed by atoms with Crippen molar-refractivity contribution in [2.45, 2.75) is 6.04 Å². The Morgan fingerprint density at radius 1 is 1.69 bits per heavy atom. The maximum Gasteiger partial charge on any atom is 0.206 e. The number of aliphatic hydroxyl groups excluding tert-OH is 1. The molecule has 0 aliphatic carbocycles. The Kier molecular flexibility index (Phi) is 4.57. The lowest BCUT2D eigenvalue weighted by Gasteiger charge is -2.13. The van der Waals surface area contributed by atoms with Gasteiger partial charge in [0.2, 0.25) is 5.13 Å². The number of aromatic nitrogens is 2. The predicted octanol–water partition coefficient (Wildman–Crippen LogP) is 0.720. The molecule has 74 valence electrons. The zero-order valence-electron chi connectivity index (χ0n) is 7.03. The molecule has 0 aliphatic rings. The Labute approximate surface area is 88.3 Å². The lowest BCUT2D eigenvalue weighted by atomic mass is 10.3. The molecule has 0 saturated carbocycles. The van der Waals surface area contributed by atoms with Crippen molar-refractivity contribution in [3.8, 4) is 0 Å². The zero-order valence-corrected chi connectivity index (χ0v) is 9.43. The van der Waals surface area contributed by atoms with Crippen LogP contribution in [-0.2, 0) is 4.74 Å². The van der Waals surface area contributed by atoms with Crippen molar-refractivity contribution < 1.29 is 9.84 Å². The highest BCUT2D eigenvalue weighted by atomic mass is 79.9. The Hall–Kier alpha value is -0.240. The Morgan fingerprint density at radius 2 is 2.46 bits per heavy atom. The van der Waals surface area contributed by atoms with E-state index < -0.39 is 0 Å². The SMILES string of the molecule is COCC(CO)Nc1nnc(Br)s1. The summed E-state index contributed by atoms with van der Waals surface area (Å²) in [5, 5.41) is 20.2. The number of halogens is 1. The van der Waals surface area contributed by atoms with Gasteiger partial charge in [0.05, 0.1) is 19.3 Å². The Morgan fingerprint density at radius 3 is 2.92 bits per heavy atom. The van der Waals surface area contributed by atoms with Crippen LogP contribution in [0.25, 0.3) is 0 Å². The summed E-state index contributed by atoms with van der Waals surface area (Å²) in [6, 6.07) is -0.134. The molecule has 1 heterocycles. The quantitative estimate of drug-likeness (QED) is 0.823. The molecule has 1 rings (SSSR count). The first-order valence-electron chi connectivity index (χ1n) is 3.61. The number of nitrogens with one attached hydrogen (secondary N) is 1. The molecule has 0 fully saturated rings. The summed E-state index contributed by atoms with van der Waals surface area (Å²) < 4.78 is 5.61. The Bertz CT molecular complexity index is 258. The molecule has 0 bridgehead atoms. The van der Waals surface area contributed by atoms with E-state index >= 15 is 0 Å². The third kappa shape index (κ3) is 3.55. The summed E-state index contributed by atoms with van der Waals surface area (Å²) in [5.74, 6) is 0. The van der Waals surface area contributed by atoms with Crippen molar-refractivity contribution in [2.24, 2.45) is 0 Å². The average molecular weight is 268 g/mol. The van der Waals surface area contributed by atoms with Crippen LogP contribution in [0.15, 0.2) is 3.92 Å². The number of aliphatic hydroxyl groups is 1.